The molecule has 128 valence electrons. The molecule has 5 heteroatoms. The number of carbonyl (C=O) groups excluding carboxylic acids is 1. The Hall–Kier alpha value is -1.95. The van der Waals surface area contributed by atoms with E-state index in [4.69, 9.17) is 0 Å². The van der Waals surface area contributed by atoms with E-state index in [1.165, 1.54) is 15.3 Å². The summed E-state index contributed by atoms with van der Waals surface area (Å²) in [5, 5.41) is 7.34. The van der Waals surface area contributed by atoms with Gasteiger partial charge in [-0.15, -0.1) is 22.7 Å². The van der Waals surface area contributed by atoms with Crippen molar-refractivity contribution in [3.8, 4) is 0 Å². The number of hydrogen-bond donors (Lipinski definition) is 1. The van der Waals surface area contributed by atoms with Gasteiger partial charge in [0.05, 0.1) is 12.6 Å². The number of thiophene rings is 2. The Morgan fingerprint density at radius 1 is 1.08 bits per heavy atom. The second-order valence-electron chi connectivity index (χ2n) is 6.20. The Morgan fingerprint density at radius 3 is 2.76 bits per heavy atom. The number of rotatable bonds is 5. The fourth-order valence-corrected chi connectivity index (χ4v) is 5.14. The molecule has 3 aromatic rings. The molecule has 1 aliphatic rings. The van der Waals surface area contributed by atoms with Gasteiger partial charge in [0.2, 0.25) is 5.91 Å². The van der Waals surface area contributed by atoms with Crippen LogP contribution in [0.25, 0.3) is 0 Å². The minimum atomic E-state index is 0.0871. The topological polar surface area (TPSA) is 32.3 Å². The van der Waals surface area contributed by atoms with E-state index in [2.05, 4.69) is 39.2 Å². The molecular formula is C20H20N2OS2. The molecule has 0 saturated carbocycles. The first-order valence-corrected chi connectivity index (χ1v) is 10.2. The van der Waals surface area contributed by atoms with Crippen LogP contribution in [0.1, 0.15) is 26.9 Å². The van der Waals surface area contributed by atoms with E-state index in [1.807, 2.05) is 41.7 Å². The largest absolute Gasteiger partial charge is 0.351 e. The summed E-state index contributed by atoms with van der Waals surface area (Å²) in [5.41, 5.74) is 2.50. The van der Waals surface area contributed by atoms with Crippen LogP contribution < -0.4 is 5.32 Å². The highest BCUT2D eigenvalue weighted by Crippen LogP contribution is 2.39. The predicted octanol–water partition coefficient (Wildman–Crippen LogP) is 4.07. The molecule has 3 nitrogen and oxygen atoms in total. The van der Waals surface area contributed by atoms with E-state index < -0.39 is 0 Å². The Balaban J connectivity index is 1.46. The molecule has 1 amide bonds. The Kier molecular flexibility index (Phi) is 4.97. The van der Waals surface area contributed by atoms with Gasteiger partial charge in [-0.25, -0.2) is 0 Å². The molecule has 2 aromatic heterocycles. The number of hydrogen-bond acceptors (Lipinski definition) is 4. The van der Waals surface area contributed by atoms with Crippen molar-refractivity contribution in [3.05, 3.63) is 80.2 Å². The second-order valence-corrected chi connectivity index (χ2v) is 8.18. The first-order chi connectivity index (χ1) is 12.3. The molecule has 4 rings (SSSR count). The van der Waals surface area contributed by atoms with Crippen LogP contribution in [-0.4, -0.2) is 23.9 Å². The van der Waals surface area contributed by atoms with Crippen LogP contribution in [0.2, 0.25) is 0 Å². The van der Waals surface area contributed by atoms with Gasteiger partial charge in [0.1, 0.15) is 0 Å². The lowest BCUT2D eigenvalue weighted by molar-refractivity contribution is -0.122. The molecule has 0 unspecified atom stereocenters. The van der Waals surface area contributed by atoms with Crippen molar-refractivity contribution < 1.29 is 4.79 Å². The third-order valence-corrected chi connectivity index (χ3v) is 6.48. The zero-order chi connectivity index (χ0) is 17.1. The minimum Gasteiger partial charge on any atom is -0.351 e. The summed E-state index contributed by atoms with van der Waals surface area (Å²) in [4.78, 5) is 17.6. The van der Waals surface area contributed by atoms with Gasteiger partial charge in [-0.1, -0.05) is 36.4 Å². The zero-order valence-corrected chi connectivity index (χ0v) is 15.5. The molecule has 1 atom stereocenters. The summed E-state index contributed by atoms with van der Waals surface area (Å²) in [6, 6.07) is 16.7. The van der Waals surface area contributed by atoms with Crippen molar-refractivity contribution in [2.75, 3.05) is 13.1 Å². The standard InChI is InChI=1S/C20H20N2OS2/c23-19(21-13-15-5-2-1-3-6-15)14-22-10-8-17-16(9-12-25-17)20(22)18-7-4-11-24-18/h1-7,9,11-12,20H,8,10,13-14H2,(H,21,23)/t20-/m1/s1. The van der Waals surface area contributed by atoms with E-state index in [9.17, 15) is 4.79 Å². The van der Waals surface area contributed by atoms with Crippen molar-refractivity contribution in [2.24, 2.45) is 0 Å². The molecule has 0 radical (unpaired) electrons. The summed E-state index contributed by atoms with van der Waals surface area (Å²) in [6.07, 6.45) is 1.03. The van der Waals surface area contributed by atoms with Crippen LogP contribution in [0.4, 0.5) is 0 Å². The van der Waals surface area contributed by atoms with Gasteiger partial charge in [-0.05, 0) is 40.4 Å². The number of amides is 1. The molecule has 1 N–H and O–H groups in total. The van der Waals surface area contributed by atoms with Crippen molar-refractivity contribution in [1.82, 2.24) is 10.2 Å². The van der Waals surface area contributed by atoms with Gasteiger partial charge < -0.3 is 5.32 Å². The quantitative estimate of drug-likeness (QED) is 0.736. The lowest BCUT2D eigenvalue weighted by Crippen LogP contribution is -2.42. The predicted molar refractivity (Wildman–Crippen MR) is 104 cm³/mol. The number of nitrogens with one attached hydrogen (secondary N) is 1. The third-order valence-electron chi connectivity index (χ3n) is 4.56. The summed E-state index contributed by atoms with van der Waals surface area (Å²) in [6.45, 7) is 1.94. The Morgan fingerprint density at radius 2 is 1.96 bits per heavy atom. The van der Waals surface area contributed by atoms with Gasteiger partial charge in [-0.2, -0.15) is 0 Å². The average Bonchev–Trinajstić information content (AvgIpc) is 3.32. The van der Waals surface area contributed by atoms with E-state index in [0.717, 1.165) is 18.5 Å². The van der Waals surface area contributed by atoms with E-state index in [1.54, 1.807) is 11.3 Å². The van der Waals surface area contributed by atoms with Crippen LogP contribution in [-0.2, 0) is 17.8 Å². The molecule has 25 heavy (non-hydrogen) atoms. The van der Waals surface area contributed by atoms with Crippen LogP contribution in [0, 0.1) is 0 Å². The van der Waals surface area contributed by atoms with Gasteiger partial charge in [0, 0.05) is 22.8 Å². The maximum atomic E-state index is 12.5. The Bertz CT molecular complexity index is 827. The van der Waals surface area contributed by atoms with Crippen LogP contribution in [0.3, 0.4) is 0 Å². The summed E-state index contributed by atoms with van der Waals surface area (Å²) < 4.78 is 0. The number of benzene rings is 1. The molecule has 1 aromatic carbocycles. The highest BCUT2D eigenvalue weighted by molar-refractivity contribution is 7.10. The maximum Gasteiger partial charge on any atom is 0.234 e. The molecule has 0 saturated heterocycles. The molecule has 0 bridgehead atoms. The molecule has 1 aliphatic heterocycles. The van der Waals surface area contributed by atoms with Gasteiger partial charge >= 0.3 is 0 Å². The lowest BCUT2D eigenvalue weighted by Gasteiger charge is -2.34. The molecule has 3 heterocycles. The van der Waals surface area contributed by atoms with Crippen LogP contribution in [0.15, 0.2) is 59.3 Å². The van der Waals surface area contributed by atoms with Crippen molar-refractivity contribution in [1.29, 1.82) is 0 Å². The van der Waals surface area contributed by atoms with E-state index in [0.29, 0.717) is 13.1 Å². The van der Waals surface area contributed by atoms with Gasteiger partial charge in [0.15, 0.2) is 0 Å². The third kappa shape index (κ3) is 3.68. The van der Waals surface area contributed by atoms with E-state index in [-0.39, 0.29) is 11.9 Å². The lowest BCUT2D eigenvalue weighted by atomic mass is 9.98. The number of carbonyl (C=O) groups is 1. The second kappa shape index (κ2) is 7.52. The van der Waals surface area contributed by atoms with Crippen molar-refractivity contribution >= 4 is 28.6 Å². The van der Waals surface area contributed by atoms with Crippen molar-refractivity contribution in [2.45, 2.75) is 19.0 Å². The molecule has 0 fully saturated rings. The maximum absolute atomic E-state index is 12.5. The first-order valence-electron chi connectivity index (χ1n) is 8.45. The normalized spacial score (nSPS) is 17.2. The number of fused-ring (bicyclic) bond motifs is 1. The summed E-state index contributed by atoms with van der Waals surface area (Å²) in [7, 11) is 0. The van der Waals surface area contributed by atoms with E-state index >= 15 is 0 Å². The monoisotopic (exact) mass is 368 g/mol. The number of nitrogens with zero attached hydrogens (tertiary/aromatic N) is 1. The molecule has 0 aliphatic carbocycles. The Labute approximate surface area is 155 Å². The average molecular weight is 369 g/mol. The highest BCUT2D eigenvalue weighted by atomic mass is 32.1. The van der Waals surface area contributed by atoms with Gasteiger partial charge in [-0.3, -0.25) is 9.69 Å². The minimum absolute atomic E-state index is 0.0871. The summed E-state index contributed by atoms with van der Waals surface area (Å²) >= 11 is 3.60. The zero-order valence-electron chi connectivity index (χ0n) is 13.9. The molecule has 0 spiro atoms. The summed E-state index contributed by atoms with van der Waals surface area (Å²) in [5.74, 6) is 0.0871. The SMILES string of the molecule is O=C(CN1CCc2sccc2[C@@H]1c1cccs1)NCc1ccccc1. The highest BCUT2D eigenvalue weighted by Gasteiger charge is 2.31. The van der Waals surface area contributed by atoms with Crippen molar-refractivity contribution in [3.63, 3.8) is 0 Å². The van der Waals surface area contributed by atoms with Crippen LogP contribution in [0.5, 0.6) is 0 Å². The van der Waals surface area contributed by atoms with Crippen LogP contribution >= 0.6 is 22.7 Å². The first kappa shape index (κ1) is 16.5. The molecular weight excluding hydrogens is 348 g/mol. The fourth-order valence-electron chi connectivity index (χ4n) is 3.36. The fraction of sp³-hybridized carbons (Fsp3) is 0.250. The van der Waals surface area contributed by atoms with Gasteiger partial charge in [0.25, 0.3) is 0 Å². The smallest absolute Gasteiger partial charge is 0.234 e.